The summed E-state index contributed by atoms with van der Waals surface area (Å²) in [4.78, 5) is 14.9. The van der Waals surface area contributed by atoms with E-state index in [1.165, 1.54) is 11.3 Å². The van der Waals surface area contributed by atoms with E-state index in [-0.39, 0.29) is 5.91 Å². The molecular weight excluding hydrogens is 256 g/mol. The zero-order valence-electron chi connectivity index (χ0n) is 10.5. The lowest BCUT2D eigenvalue weighted by Crippen LogP contribution is -2.40. The highest BCUT2D eigenvalue weighted by atomic mass is 35.5. The van der Waals surface area contributed by atoms with Gasteiger partial charge < -0.3 is 10.6 Å². The lowest BCUT2D eigenvalue weighted by Gasteiger charge is -2.25. The van der Waals surface area contributed by atoms with Crippen LogP contribution in [0.4, 0.5) is 0 Å². The van der Waals surface area contributed by atoms with Crippen molar-refractivity contribution < 1.29 is 4.79 Å². The van der Waals surface area contributed by atoms with Gasteiger partial charge in [0, 0.05) is 23.4 Å². The van der Waals surface area contributed by atoms with Crippen LogP contribution in [0, 0.1) is 0 Å². The van der Waals surface area contributed by atoms with Crippen molar-refractivity contribution in [3.05, 3.63) is 21.3 Å². The summed E-state index contributed by atoms with van der Waals surface area (Å²) >= 11 is 7.38. The maximum atomic E-state index is 12.0. The average Bonchev–Trinajstić information content (AvgIpc) is 2.57. The molecule has 1 heterocycles. The monoisotopic (exact) mass is 274 g/mol. The maximum Gasteiger partial charge on any atom is 0.224 e. The quantitative estimate of drug-likeness (QED) is 0.897. The summed E-state index contributed by atoms with van der Waals surface area (Å²) in [5.74, 6) is 0.0875. The number of carbonyl (C=O) groups excluding carboxylic acids is 1. The van der Waals surface area contributed by atoms with E-state index in [9.17, 15) is 4.79 Å². The zero-order chi connectivity index (χ0) is 13.1. The zero-order valence-corrected chi connectivity index (χ0v) is 12.1. The van der Waals surface area contributed by atoms with Crippen LogP contribution in [0.5, 0.6) is 0 Å². The molecule has 0 radical (unpaired) electrons. The summed E-state index contributed by atoms with van der Waals surface area (Å²) in [6.07, 6.45) is 0.361. The highest BCUT2D eigenvalue weighted by molar-refractivity contribution is 7.16. The lowest BCUT2D eigenvalue weighted by molar-refractivity contribution is -0.132. The minimum atomic E-state index is -0.461. The van der Waals surface area contributed by atoms with Crippen LogP contribution in [0.2, 0.25) is 4.34 Å². The van der Waals surface area contributed by atoms with Crippen molar-refractivity contribution in [2.45, 2.75) is 39.3 Å². The SMILES string of the molecule is CCN(Cc1ccc(Cl)s1)C(=O)CC(C)(C)N. The standard InChI is InChI=1S/C12H19ClN2OS/c1-4-15(11(16)7-12(2,3)14)8-9-5-6-10(13)17-9/h5-6H,4,7-8,14H2,1-3H3. The molecule has 0 atom stereocenters. The van der Waals surface area contributed by atoms with Crippen LogP contribution in [-0.4, -0.2) is 22.9 Å². The number of hydrogen-bond donors (Lipinski definition) is 1. The topological polar surface area (TPSA) is 46.3 Å². The number of amides is 1. The molecule has 1 aromatic heterocycles. The molecule has 1 rings (SSSR count). The van der Waals surface area contributed by atoms with Crippen LogP contribution in [0.3, 0.4) is 0 Å². The van der Waals surface area contributed by atoms with Crippen LogP contribution in [-0.2, 0) is 11.3 Å². The normalized spacial score (nSPS) is 11.6. The summed E-state index contributed by atoms with van der Waals surface area (Å²) in [5.41, 5.74) is 5.40. The van der Waals surface area contributed by atoms with Crippen molar-refractivity contribution in [1.82, 2.24) is 4.90 Å². The van der Waals surface area contributed by atoms with Crippen LogP contribution in [0.1, 0.15) is 32.1 Å². The summed E-state index contributed by atoms with van der Waals surface area (Å²) in [6, 6.07) is 3.81. The fourth-order valence-electron chi connectivity index (χ4n) is 1.50. The maximum absolute atomic E-state index is 12.0. The predicted octanol–water partition coefficient (Wildman–Crippen LogP) is 2.88. The highest BCUT2D eigenvalue weighted by Crippen LogP contribution is 2.23. The van der Waals surface area contributed by atoms with E-state index in [1.54, 1.807) is 4.90 Å². The number of nitrogens with two attached hydrogens (primary N) is 1. The number of halogens is 1. The number of rotatable bonds is 5. The van der Waals surface area contributed by atoms with Gasteiger partial charge in [0.05, 0.1) is 10.9 Å². The summed E-state index contributed by atoms with van der Waals surface area (Å²) in [6.45, 7) is 6.99. The van der Waals surface area contributed by atoms with Crippen molar-refractivity contribution in [2.75, 3.05) is 6.54 Å². The fourth-order valence-corrected chi connectivity index (χ4v) is 2.61. The number of nitrogens with zero attached hydrogens (tertiary/aromatic N) is 1. The molecular formula is C12H19ClN2OS. The Hall–Kier alpha value is -0.580. The molecule has 0 aliphatic rings. The van der Waals surface area contributed by atoms with Gasteiger partial charge in [0.2, 0.25) is 5.91 Å². The minimum absolute atomic E-state index is 0.0875. The van der Waals surface area contributed by atoms with Gasteiger partial charge in [0.25, 0.3) is 0 Å². The second-order valence-electron chi connectivity index (χ2n) is 4.78. The molecule has 0 unspecified atom stereocenters. The molecule has 0 aliphatic carbocycles. The summed E-state index contributed by atoms with van der Waals surface area (Å²) < 4.78 is 0.752. The van der Waals surface area contributed by atoms with E-state index in [0.29, 0.717) is 19.5 Å². The highest BCUT2D eigenvalue weighted by Gasteiger charge is 2.21. The summed E-state index contributed by atoms with van der Waals surface area (Å²) in [7, 11) is 0. The van der Waals surface area contributed by atoms with E-state index < -0.39 is 5.54 Å². The first kappa shape index (κ1) is 14.5. The largest absolute Gasteiger partial charge is 0.338 e. The van der Waals surface area contributed by atoms with E-state index >= 15 is 0 Å². The van der Waals surface area contributed by atoms with Crippen LogP contribution >= 0.6 is 22.9 Å². The third-order valence-electron chi connectivity index (χ3n) is 2.32. The molecule has 0 fully saturated rings. The van der Waals surface area contributed by atoms with Crippen molar-refractivity contribution in [1.29, 1.82) is 0 Å². The Morgan fingerprint density at radius 3 is 2.59 bits per heavy atom. The fraction of sp³-hybridized carbons (Fsp3) is 0.583. The third-order valence-corrected chi connectivity index (χ3v) is 3.53. The Morgan fingerprint density at radius 1 is 1.53 bits per heavy atom. The van der Waals surface area contributed by atoms with Gasteiger partial charge in [-0.2, -0.15) is 0 Å². The first-order valence-corrected chi connectivity index (χ1v) is 6.82. The molecule has 17 heavy (non-hydrogen) atoms. The van der Waals surface area contributed by atoms with E-state index in [1.807, 2.05) is 32.9 Å². The average molecular weight is 275 g/mol. The lowest BCUT2D eigenvalue weighted by atomic mass is 10.0. The molecule has 3 nitrogen and oxygen atoms in total. The number of hydrogen-bond acceptors (Lipinski definition) is 3. The molecule has 2 N–H and O–H groups in total. The molecule has 0 saturated heterocycles. The second kappa shape index (κ2) is 5.85. The van der Waals surface area contributed by atoms with Gasteiger partial charge in [0.1, 0.15) is 0 Å². The van der Waals surface area contributed by atoms with Gasteiger partial charge in [-0.25, -0.2) is 0 Å². The van der Waals surface area contributed by atoms with E-state index in [4.69, 9.17) is 17.3 Å². The Bertz CT molecular complexity index is 384. The van der Waals surface area contributed by atoms with Gasteiger partial charge in [-0.1, -0.05) is 11.6 Å². The predicted molar refractivity (Wildman–Crippen MR) is 73.3 cm³/mol. The summed E-state index contributed by atoms with van der Waals surface area (Å²) in [5, 5.41) is 0. The van der Waals surface area contributed by atoms with Gasteiger partial charge in [-0.15, -0.1) is 11.3 Å². The van der Waals surface area contributed by atoms with Crippen molar-refractivity contribution >= 4 is 28.8 Å². The molecule has 0 saturated carbocycles. The molecule has 1 amide bonds. The first-order valence-electron chi connectivity index (χ1n) is 5.62. The van der Waals surface area contributed by atoms with E-state index in [2.05, 4.69) is 0 Å². The Balaban J connectivity index is 2.62. The Kier molecular flexibility index (Phi) is 4.98. The minimum Gasteiger partial charge on any atom is -0.338 e. The van der Waals surface area contributed by atoms with Gasteiger partial charge in [-0.3, -0.25) is 4.79 Å². The van der Waals surface area contributed by atoms with Crippen molar-refractivity contribution in [3.63, 3.8) is 0 Å². The smallest absolute Gasteiger partial charge is 0.224 e. The Labute approximate surface area is 112 Å². The molecule has 0 spiro atoms. The van der Waals surface area contributed by atoms with Crippen LogP contribution in [0.25, 0.3) is 0 Å². The molecule has 0 aliphatic heterocycles. The molecule has 0 aromatic carbocycles. The first-order chi connectivity index (χ1) is 7.81. The Morgan fingerprint density at radius 2 is 2.18 bits per heavy atom. The van der Waals surface area contributed by atoms with Gasteiger partial charge in [0.15, 0.2) is 0 Å². The molecule has 1 aromatic rings. The van der Waals surface area contributed by atoms with Gasteiger partial charge in [-0.05, 0) is 32.9 Å². The second-order valence-corrected chi connectivity index (χ2v) is 6.58. The van der Waals surface area contributed by atoms with Crippen LogP contribution in [0.15, 0.2) is 12.1 Å². The van der Waals surface area contributed by atoms with E-state index in [0.717, 1.165) is 9.21 Å². The van der Waals surface area contributed by atoms with Crippen LogP contribution < -0.4 is 5.73 Å². The van der Waals surface area contributed by atoms with Gasteiger partial charge >= 0.3 is 0 Å². The number of carbonyl (C=O) groups is 1. The number of thiophene rings is 1. The van der Waals surface area contributed by atoms with Crippen molar-refractivity contribution in [3.8, 4) is 0 Å². The molecule has 96 valence electrons. The molecule has 0 bridgehead atoms. The molecule has 5 heteroatoms. The third kappa shape index (κ3) is 5.06. The van der Waals surface area contributed by atoms with Crippen molar-refractivity contribution in [2.24, 2.45) is 5.73 Å².